The smallest absolute Gasteiger partial charge is 0.258 e. The van der Waals surface area contributed by atoms with Crippen molar-refractivity contribution >= 4 is 48.3 Å². The highest BCUT2D eigenvalue weighted by atomic mass is 79.9. The number of benzene rings is 2. The Labute approximate surface area is 115 Å². The number of rotatable bonds is 3. The molecule has 0 saturated heterocycles. The van der Waals surface area contributed by atoms with Crippen molar-refractivity contribution in [2.75, 3.05) is 0 Å². The molecule has 0 unspecified atom stereocenters. The van der Waals surface area contributed by atoms with Gasteiger partial charge in [-0.15, -0.1) is 0 Å². The maximum absolute atomic E-state index is 11.0. The zero-order valence-corrected chi connectivity index (χ0v) is 12.0. The lowest BCUT2D eigenvalue weighted by Gasteiger charge is -2.08. The van der Waals surface area contributed by atoms with Crippen LogP contribution < -0.4 is 0 Å². The summed E-state index contributed by atoms with van der Waals surface area (Å²) in [5, 5.41) is 14.0. The van der Waals surface area contributed by atoms with E-state index in [-0.39, 0.29) is 10.6 Å². The Balaban J connectivity index is 2.89. The van der Waals surface area contributed by atoms with Crippen LogP contribution in [0.15, 0.2) is 30.3 Å². The van der Waals surface area contributed by atoms with Crippen molar-refractivity contribution in [1.29, 1.82) is 0 Å². The molecule has 0 N–H and O–H groups in total. The largest absolute Gasteiger partial charge is 0.277 e. The van der Waals surface area contributed by atoms with Gasteiger partial charge in [0.25, 0.3) is 5.69 Å². The Morgan fingerprint density at radius 2 is 1.71 bits per heavy atom. The molecule has 17 heavy (non-hydrogen) atoms. The third-order valence-electron chi connectivity index (χ3n) is 2.67. The van der Waals surface area contributed by atoms with Gasteiger partial charge in [-0.05, 0) is 22.6 Å². The van der Waals surface area contributed by atoms with E-state index in [0.717, 1.165) is 16.5 Å². The quantitative estimate of drug-likeness (QED) is 0.459. The van der Waals surface area contributed by atoms with Crippen LogP contribution in [0.4, 0.5) is 5.69 Å². The van der Waals surface area contributed by atoms with Crippen LogP contribution in [0, 0.1) is 10.1 Å². The molecule has 0 heterocycles. The second-order valence-electron chi connectivity index (χ2n) is 3.61. The van der Waals surface area contributed by atoms with Gasteiger partial charge in [0.05, 0.1) is 10.3 Å². The molecule has 0 aromatic heterocycles. The first-order valence-corrected chi connectivity index (χ1v) is 7.23. The first-order valence-electron chi connectivity index (χ1n) is 4.99. The summed E-state index contributed by atoms with van der Waals surface area (Å²) in [7, 11) is 0. The molecule has 3 nitrogen and oxygen atoms in total. The minimum atomic E-state index is -0.335. The second kappa shape index (κ2) is 5.14. The molecule has 5 heteroatoms. The molecular weight excluding hydrogens is 350 g/mol. The summed E-state index contributed by atoms with van der Waals surface area (Å²) < 4.78 is 0. The fourth-order valence-electron chi connectivity index (χ4n) is 1.93. The Morgan fingerprint density at radius 3 is 2.29 bits per heavy atom. The highest BCUT2D eigenvalue weighted by molar-refractivity contribution is 9.08. The summed E-state index contributed by atoms with van der Waals surface area (Å²) in [6.45, 7) is 0. The van der Waals surface area contributed by atoms with Crippen LogP contribution in [0.1, 0.15) is 11.1 Å². The van der Waals surface area contributed by atoms with Gasteiger partial charge in [-0.1, -0.05) is 50.1 Å². The Kier molecular flexibility index (Phi) is 3.79. The van der Waals surface area contributed by atoms with Gasteiger partial charge in [0.1, 0.15) is 0 Å². The van der Waals surface area contributed by atoms with Crippen LogP contribution in [0.2, 0.25) is 0 Å². The van der Waals surface area contributed by atoms with Gasteiger partial charge in [-0.3, -0.25) is 10.1 Å². The average molecular weight is 359 g/mol. The number of nitrogens with zero attached hydrogens (tertiary/aromatic N) is 1. The van der Waals surface area contributed by atoms with Crippen LogP contribution in [0.25, 0.3) is 10.8 Å². The van der Waals surface area contributed by atoms with E-state index in [1.165, 1.54) is 0 Å². The topological polar surface area (TPSA) is 43.1 Å². The van der Waals surface area contributed by atoms with Crippen LogP contribution in [0.5, 0.6) is 0 Å². The lowest BCUT2D eigenvalue weighted by Crippen LogP contribution is -1.94. The average Bonchev–Trinajstić information content (AvgIpc) is 2.36. The summed E-state index contributed by atoms with van der Waals surface area (Å²) in [6, 6.07) is 9.00. The van der Waals surface area contributed by atoms with Crippen LogP contribution >= 0.6 is 31.9 Å². The fourth-order valence-corrected chi connectivity index (χ4v) is 2.86. The number of hydrogen-bond donors (Lipinski definition) is 0. The first kappa shape index (κ1) is 12.5. The molecule has 88 valence electrons. The van der Waals surface area contributed by atoms with E-state index in [1.807, 2.05) is 12.1 Å². The Bertz CT molecular complexity index is 574. The molecule has 0 fully saturated rings. The van der Waals surface area contributed by atoms with E-state index >= 15 is 0 Å². The predicted octanol–water partition coefficient (Wildman–Crippen LogP) is 4.54. The van der Waals surface area contributed by atoms with Gasteiger partial charge in [0.2, 0.25) is 0 Å². The van der Waals surface area contributed by atoms with Crippen molar-refractivity contribution < 1.29 is 4.92 Å². The number of hydrogen-bond acceptors (Lipinski definition) is 2. The highest BCUT2D eigenvalue weighted by Gasteiger charge is 2.15. The van der Waals surface area contributed by atoms with E-state index in [0.29, 0.717) is 16.0 Å². The zero-order chi connectivity index (χ0) is 12.4. The number of nitro groups is 1. The molecule has 0 bridgehead atoms. The van der Waals surface area contributed by atoms with Gasteiger partial charge >= 0.3 is 0 Å². The molecule has 0 atom stereocenters. The lowest BCUT2D eigenvalue weighted by molar-refractivity contribution is -0.383. The highest BCUT2D eigenvalue weighted by Crippen LogP contribution is 2.32. The van der Waals surface area contributed by atoms with E-state index in [1.54, 1.807) is 18.2 Å². The van der Waals surface area contributed by atoms with Gasteiger partial charge in [0.15, 0.2) is 0 Å². The third kappa shape index (κ3) is 2.21. The summed E-state index contributed by atoms with van der Waals surface area (Å²) in [5.41, 5.74) is 2.30. The van der Waals surface area contributed by atoms with Crippen LogP contribution in [-0.2, 0) is 10.7 Å². The maximum Gasteiger partial charge on any atom is 0.277 e. The molecule has 2 rings (SSSR count). The standard InChI is InChI=1S/C12H9Br2NO2/c13-6-8-2-1-3-10-11(15(16)17)5-4-9(7-14)12(8)10/h1-5H,6-7H2. The number of nitro benzene ring substituents is 1. The van der Waals surface area contributed by atoms with Gasteiger partial charge in [-0.25, -0.2) is 0 Å². The van der Waals surface area contributed by atoms with E-state index in [4.69, 9.17) is 0 Å². The van der Waals surface area contributed by atoms with E-state index in [2.05, 4.69) is 31.9 Å². The van der Waals surface area contributed by atoms with Gasteiger partial charge in [-0.2, -0.15) is 0 Å². The number of non-ortho nitro benzene ring substituents is 1. The fraction of sp³-hybridized carbons (Fsp3) is 0.167. The lowest BCUT2D eigenvalue weighted by atomic mass is 9.99. The van der Waals surface area contributed by atoms with Gasteiger partial charge < -0.3 is 0 Å². The number of fused-ring (bicyclic) bond motifs is 1. The molecule has 2 aromatic rings. The minimum Gasteiger partial charge on any atom is -0.258 e. The van der Waals surface area contributed by atoms with Crippen LogP contribution in [-0.4, -0.2) is 4.92 Å². The normalized spacial score (nSPS) is 10.7. The second-order valence-corrected chi connectivity index (χ2v) is 4.73. The molecule has 2 aromatic carbocycles. The summed E-state index contributed by atoms with van der Waals surface area (Å²) in [4.78, 5) is 10.7. The molecule has 0 aliphatic heterocycles. The van der Waals surface area contributed by atoms with Crippen LogP contribution in [0.3, 0.4) is 0 Å². The molecule has 0 amide bonds. The first-order chi connectivity index (χ1) is 8.19. The van der Waals surface area contributed by atoms with Gasteiger partial charge in [0, 0.05) is 16.7 Å². The summed E-state index contributed by atoms with van der Waals surface area (Å²) in [5.74, 6) is 0. The molecule has 0 saturated carbocycles. The van der Waals surface area contributed by atoms with Crippen molar-refractivity contribution in [3.05, 3.63) is 51.6 Å². The number of alkyl halides is 2. The van der Waals surface area contributed by atoms with Crippen molar-refractivity contribution in [3.63, 3.8) is 0 Å². The van der Waals surface area contributed by atoms with Crippen molar-refractivity contribution in [1.82, 2.24) is 0 Å². The number of halogens is 2. The third-order valence-corrected chi connectivity index (χ3v) is 3.88. The van der Waals surface area contributed by atoms with E-state index < -0.39 is 0 Å². The Hall–Kier alpha value is -0.940. The molecular formula is C12H9Br2NO2. The minimum absolute atomic E-state index is 0.160. The SMILES string of the molecule is O=[N+]([O-])c1ccc(CBr)c2c(CBr)cccc12. The Morgan fingerprint density at radius 1 is 1.06 bits per heavy atom. The molecule has 0 spiro atoms. The summed E-state index contributed by atoms with van der Waals surface area (Å²) >= 11 is 6.84. The zero-order valence-electron chi connectivity index (χ0n) is 8.82. The summed E-state index contributed by atoms with van der Waals surface area (Å²) in [6.07, 6.45) is 0. The van der Waals surface area contributed by atoms with Crippen molar-refractivity contribution in [3.8, 4) is 0 Å². The monoisotopic (exact) mass is 357 g/mol. The van der Waals surface area contributed by atoms with E-state index in [9.17, 15) is 10.1 Å². The predicted molar refractivity (Wildman–Crippen MR) is 75.9 cm³/mol. The van der Waals surface area contributed by atoms with Crippen molar-refractivity contribution in [2.45, 2.75) is 10.7 Å². The maximum atomic E-state index is 11.0. The molecule has 0 aliphatic carbocycles. The molecule has 0 aliphatic rings. The molecule has 0 radical (unpaired) electrons. The van der Waals surface area contributed by atoms with Crippen molar-refractivity contribution in [2.24, 2.45) is 0 Å².